The van der Waals surface area contributed by atoms with Gasteiger partial charge in [0.1, 0.15) is 24.4 Å². The zero-order chi connectivity index (χ0) is 40.9. The number of rotatable bonds is 37. The van der Waals surface area contributed by atoms with Gasteiger partial charge in [0, 0.05) is 6.42 Å². The first-order chi connectivity index (χ1) is 27.3. The fraction of sp³-hybridized carbons (Fsp3) is 0.809. The maximum Gasteiger partial charge on any atom is 0.220 e. The molecule has 0 aliphatic carbocycles. The Morgan fingerprint density at radius 3 is 1.55 bits per heavy atom. The number of nitrogens with one attached hydrogen (secondary N) is 1. The minimum absolute atomic E-state index is 0.192. The van der Waals surface area contributed by atoms with E-state index in [1.807, 2.05) is 6.08 Å². The zero-order valence-corrected chi connectivity index (χ0v) is 35.6. The SMILES string of the molecule is CCCCCCC/C=C\C/C=C\C/C=C\CCCCCCCCC(=O)NC(COC1OC(CO)C(O)C(O)C1O)C(O)/C=C/CCCCCCCCCCCC. The molecule has 56 heavy (non-hydrogen) atoms. The predicted molar refractivity (Wildman–Crippen MR) is 230 cm³/mol. The van der Waals surface area contributed by atoms with Crippen molar-refractivity contribution in [2.24, 2.45) is 0 Å². The fourth-order valence-electron chi connectivity index (χ4n) is 6.93. The normalized spacial score (nSPS) is 21.6. The lowest BCUT2D eigenvalue weighted by molar-refractivity contribution is -0.302. The van der Waals surface area contributed by atoms with Crippen molar-refractivity contribution in [2.75, 3.05) is 13.2 Å². The lowest BCUT2D eigenvalue weighted by Crippen LogP contribution is -2.60. The zero-order valence-electron chi connectivity index (χ0n) is 35.6. The van der Waals surface area contributed by atoms with E-state index < -0.39 is 49.5 Å². The van der Waals surface area contributed by atoms with Gasteiger partial charge in [-0.3, -0.25) is 4.79 Å². The van der Waals surface area contributed by atoms with Gasteiger partial charge < -0.3 is 40.3 Å². The minimum atomic E-state index is -1.57. The first-order valence-corrected chi connectivity index (χ1v) is 22.9. The molecule has 1 aliphatic rings. The van der Waals surface area contributed by atoms with Gasteiger partial charge in [-0.25, -0.2) is 0 Å². The summed E-state index contributed by atoms with van der Waals surface area (Å²) in [4.78, 5) is 12.9. The molecule has 6 N–H and O–H groups in total. The van der Waals surface area contributed by atoms with Gasteiger partial charge in [-0.15, -0.1) is 0 Å². The molecular formula is C47H85NO8. The highest BCUT2D eigenvalue weighted by Gasteiger charge is 2.44. The van der Waals surface area contributed by atoms with Crippen LogP contribution in [0.25, 0.3) is 0 Å². The molecule has 1 rings (SSSR count). The average Bonchev–Trinajstić information content (AvgIpc) is 3.20. The highest BCUT2D eigenvalue weighted by atomic mass is 16.7. The molecule has 9 heteroatoms. The molecule has 0 aromatic carbocycles. The van der Waals surface area contributed by atoms with E-state index in [0.717, 1.165) is 64.2 Å². The van der Waals surface area contributed by atoms with E-state index >= 15 is 0 Å². The van der Waals surface area contributed by atoms with Gasteiger partial charge in [0.05, 0.1) is 25.4 Å². The summed E-state index contributed by atoms with van der Waals surface area (Å²) in [6.45, 7) is 3.73. The number of aliphatic hydroxyl groups excluding tert-OH is 5. The van der Waals surface area contributed by atoms with E-state index in [-0.39, 0.29) is 12.5 Å². The Morgan fingerprint density at radius 1 is 0.607 bits per heavy atom. The van der Waals surface area contributed by atoms with Crippen LogP contribution in [0.5, 0.6) is 0 Å². The van der Waals surface area contributed by atoms with Crippen LogP contribution in [0.1, 0.15) is 187 Å². The van der Waals surface area contributed by atoms with Crippen LogP contribution in [0, 0.1) is 0 Å². The molecule has 0 bridgehead atoms. The summed E-state index contributed by atoms with van der Waals surface area (Å²) in [7, 11) is 0. The van der Waals surface area contributed by atoms with E-state index in [2.05, 4.69) is 55.6 Å². The molecule has 0 saturated carbocycles. The molecule has 7 atom stereocenters. The summed E-state index contributed by atoms with van der Waals surface area (Å²) in [5.74, 6) is -0.192. The molecule has 9 nitrogen and oxygen atoms in total. The monoisotopic (exact) mass is 792 g/mol. The first kappa shape index (κ1) is 52.2. The number of amides is 1. The Kier molecular flexibility index (Phi) is 34.9. The highest BCUT2D eigenvalue weighted by Crippen LogP contribution is 2.22. The Bertz CT molecular complexity index is 1010. The van der Waals surface area contributed by atoms with Crippen molar-refractivity contribution in [3.63, 3.8) is 0 Å². The molecular weight excluding hydrogens is 707 g/mol. The van der Waals surface area contributed by atoms with Crippen LogP contribution in [-0.2, 0) is 14.3 Å². The summed E-state index contributed by atoms with van der Waals surface area (Å²) in [5, 5.41) is 54.1. The number of carbonyl (C=O) groups excluding carboxylic acids is 1. The van der Waals surface area contributed by atoms with Gasteiger partial charge in [-0.1, -0.05) is 172 Å². The Labute approximate surface area is 342 Å². The molecule has 1 amide bonds. The van der Waals surface area contributed by atoms with Gasteiger partial charge >= 0.3 is 0 Å². The molecule has 7 unspecified atom stereocenters. The number of hydrogen-bond donors (Lipinski definition) is 6. The van der Waals surface area contributed by atoms with Crippen LogP contribution in [0.2, 0.25) is 0 Å². The Hall–Kier alpha value is -1.85. The van der Waals surface area contributed by atoms with E-state index in [1.54, 1.807) is 6.08 Å². The van der Waals surface area contributed by atoms with Crippen LogP contribution in [0.4, 0.5) is 0 Å². The summed E-state index contributed by atoms with van der Waals surface area (Å²) >= 11 is 0. The molecule has 0 radical (unpaired) electrons. The molecule has 1 heterocycles. The van der Waals surface area contributed by atoms with Crippen LogP contribution < -0.4 is 5.32 Å². The van der Waals surface area contributed by atoms with Gasteiger partial charge in [0.2, 0.25) is 5.91 Å². The lowest BCUT2D eigenvalue weighted by Gasteiger charge is -2.40. The Morgan fingerprint density at radius 2 is 1.05 bits per heavy atom. The van der Waals surface area contributed by atoms with E-state index in [0.29, 0.717) is 6.42 Å². The largest absolute Gasteiger partial charge is 0.394 e. The highest BCUT2D eigenvalue weighted by molar-refractivity contribution is 5.76. The van der Waals surface area contributed by atoms with Crippen LogP contribution >= 0.6 is 0 Å². The second-order valence-electron chi connectivity index (χ2n) is 15.8. The minimum Gasteiger partial charge on any atom is -0.394 e. The quantitative estimate of drug-likeness (QED) is 0.0269. The molecule has 326 valence electrons. The van der Waals surface area contributed by atoms with Crippen molar-refractivity contribution in [3.8, 4) is 0 Å². The van der Waals surface area contributed by atoms with Crippen molar-refractivity contribution in [1.29, 1.82) is 0 Å². The second-order valence-corrected chi connectivity index (χ2v) is 15.8. The van der Waals surface area contributed by atoms with Gasteiger partial charge in [0.25, 0.3) is 0 Å². The number of ether oxygens (including phenoxy) is 2. The summed E-state index contributed by atoms with van der Waals surface area (Å²) in [6, 6.07) is -0.811. The summed E-state index contributed by atoms with van der Waals surface area (Å²) in [5.41, 5.74) is 0. The van der Waals surface area contributed by atoms with Crippen molar-refractivity contribution in [1.82, 2.24) is 5.32 Å². The number of hydrogen-bond acceptors (Lipinski definition) is 8. The molecule has 1 saturated heterocycles. The topological polar surface area (TPSA) is 149 Å². The smallest absolute Gasteiger partial charge is 0.220 e. The van der Waals surface area contributed by atoms with Gasteiger partial charge in [0.15, 0.2) is 6.29 Å². The fourth-order valence-corrected chi connectivity index (χ4v) is 6.93. The second kappa shape index (κ2) is 37.4. The number of carbonyl (C=O) groups is 1. The van der Waals surface area contributed by atoms with Crippen LogP contribution in [0.3, 0.4) is 0 Å². The van der Waals surface area contributed by atoms with Crippen molar-refractivity contribution in [3.05, 3.63) is 48.6 Å². The molecule has 1 aliphatic heterocycles. The maximum absolute atomic E-state index is 12.9. The summed E-state index contributed by atoms with van der Waals surface area (Å²) in [6.07, 6.45) is 40.0. The molecule has 0 aromatic heterocycles. The third-order valence-corrected chi connectivity index (χ3v) is 10.6. The van der Waals surface area contributed by atoms with E-state index in [4.69, 9.17) is 9.47 Å². The number of allylic oxidation sites excluding steroid dienone is 7. The third-order valence-electron chi connectivity index (χ3n) is 10.6. The average molecular weight is 792 g/mol. The van der Waals surface area contributed by atoms with Crippen LogP contribution in [0.15, 0.2) is 48.6 Å². The number of aliphatic hydroxyl groups is 5. The van der Waals surface area contributed by atoms with Gasteiger partial charge in [-0.2, -0.15) is 0 Å². The number of unbranched alkanes of at least 4 members (excludes halogenated alkanes) is 21. The van der Waals surface area contributed by atoms with Crippen molar-refractivity contribution >= 4 is 5.91 Å². The first-order valence-electron chi connectivity index (χ1n) is 22.9. The summed E-state index contributed by atoms with van der Waals surface area (Å²) < 4.78 is 11.2. The van der Waals surface area contributed by atoms with Gasteiger partial charge in [-0.05, 0) is 57.8 Å². The molecule has 0 spiro atoms. The predicted octanol–water partition coefficient (Wildman–Crippen LogP) is 9.45. The van der Waals surface area contributed by atoms with E-state index in [1.165, 1.54) is 103 Å². The maximum atomic E-state index is 12.9. The van der Waals surface area contributed by atoms with Crippen molar-refractivity contribution < 1.29 is 39.8 Å². The third kappa shape index (κ3) is 27.7. The van der Waals surface area contributed by atoms with E-state index in [9.17, 15) is 30.3 Å². The molecule has 0 aromatic rings. The standard InChI is InChI=1S/C47H85NO8/c1-3-5-7-9-11-13-15-17-18-19-20-21-22-23-24-25-27-29-31-33-35-37-43(51)48-40(39-55-47-46(54)45(53)44(52)42(38-49)56-47)41(50)36-34-32-30-28-26-16-14-12-10-8-6-4-2/h15,17,19-20,22-23,34,36,40-42,44-47,49-50,52-54H,3-14,16,18,21,24-33,35,37-39H2,1-2H3,(H,48,51)/b17-15-,20-19-,23-22-,36-34+. The Balaban J connectivity index is 2.35. The molecule has 1 fully saturated rings. The van der Waals surface area contributed by atoms with Crippen LogP contribution in [-0.4, -0.2) is 87.5 Å². The lowest BCUT2D eigenvalue weighted by atomic mass is 9.99. The van der Waals surface area contributed by atoms with Crippen molar-refractivity contribution in [2.45, 2.75) is 230 Å².